The lowest BCUT2D eigenvalue weighted by atomic mass is 9.75. The van der Waals surface area contributed by atoms with Gasteiger partial charge < -0.3 is 9.88 Å². The van der Waals surface area contributed by atoms with Gasteiger partial charge in [-0.2, -0.15) is 0 Å². The topological polar surface area (TPSA) is 29.9 Å². The van der Waals surface area contributed by atoms with Crippen molar-refractivity contribution in [2.45, 2.75) is 65.5 Å². The van der Waals surface area contributed by atoms with Crippen LogP contribution in [0.5, 0.6) is 0 Å². The molecule has 1 aliphatic rings. The maximum Gasteiger partial charge on any atom is 0.0951 e. The minimum absolute atomic E-state index is 0.539. The SMILES string of the molecule is CCCNCc1cncn1C1CCC(C)(C)CC1. The van der Waals surface area contributed by atoms with Crippen molar-refractivity contribution in [2.24, 2.45) is 5.41 Å². The number of hydrogen-bond donors (Lipinski definition) is 1. The third-order valence-corrected chi connectivity index (χ3v) is 4.18. The lowest BCUT2D eigenvalue weighted by Crippen LogP contribution is -2.25. The highest BCUT2D eigenvalue weighted by Gasteiger charge is 2.28. The van der Waals surface area contributed by atoms with E-state index in [1.807, 2.05) is 12.5 Å². The molecule has 1 aromatic heterocycles. The van der Waals surface area contributed by atoms with E-state index >= 15 is 0 Å². The van der Waals surface area contributed by atoms with Crippen LogP contribution in [-0.4, -0.2) is 16.1 Å². The van der Waals surface area contributed by atoms with Gasteiger partial charge in [-0.25, -0.2) is 4.98 Å². The fourth-order valence-electron chi connectivity index (χ4n) is 2.85. The van der Waals surface area contributed by atoms with E-state index in [1.165, 1.54) is 37.8 Å². The molecule has 1 aliphatic carbocycles. The van der Waals surface area contributed by atoms with Gasteiger partial charge in [-0.05, 0) is 44.1 Å². The smallest absolute Gasteiger partial charge is 0.0951 e. The summed E-state index contributed by atoms with van der Waals surface area (Å²) < 4.78 is 2.40. The summed E-state index contributed by atoms with van der Waals surface area (Å²) in [5.74, 6) is 0. The number of aromatic nitrogens is 2. The molecule has 1 saturated carbocycles. The Balaban J connectivity index is 1.95. The van der Waals surface area contributed by atoms with E-state index in [-0.39, 0.29) is 0 Å². The Morgan fingerprint density at radius 1 is 1.39 bits per heavy atom. The predicted octanol–water partition coefficient (Wildman–Crippen LogP) is 3.52. The van der Waals surface area contributed by atoms with Crippen LogP contribution in [0.2, 0.25) is 0 Å². The van der Waals surface area contributed by atoms with Gasteiger partial charge in [0.1, 0.15) is 0 Å². The Kier molecular flexibility index (Phi) is 4.44. The number of rotatable bonds is 5. The summed E-state index contributed by atoms with van der Waals surface area (Å²) in [6.45, 7) is 9.02. The van der Waals surface area contributed by atoms with Crippen molar-refractivity contribution in [1.29, 1.82) is 0 Å². The Morgan fingerprint density at radius 3 is 2.78 bits per heavy atom. The lowest BCUT2D eigenvalue weighted by Gasteiger charge is -2.35. The van der Waals surface area contributed by atoms with Gasteiger partial charge in [0.15, 0.2) is 0 Å². The first-order chi connectivity index (χ1) is 8.62. The average Bonchev–Trinajstić information content (AvgIpc) is 2.78. The Morgan fingerprint density at radius 2 is 2.11 bits per heavy atom. The summed E-state index contributed by atoms with van der Waals surface area (Å²) in [6.07, 6.45) is 10.5. The number of nitrogens with one attached hydrogen (secondary N) is 1. The number of hydrogen-bond acceptors (Lipinski definition) is 2. The second kappa shape index (κ2) is 5.87. The van der Waals surface area contributed by atoms with Crippen LogP contribution < -0.4 is 5.32 Å². The van der Waals surface area contributed by atoms with Gasteiger partial charge in [-0.3, -0.25) is 0 Å². The van der Waals surface area contributed by atoms with Gasteiger partial charge >= 0.3 is 0 Å². The molecule has 0 spiro atoms. The van der Waals surface area contributed by atoms with Gasteiger partial charge in [0.25, 0.3) is 0 Å². The molecule has 1 heterocycles. The fourth-order valence-corrected chi connectivity index (χ4v) is 2.85. The van der Waals surface area contributed by atoms with Crippen LogP contribution in [0.15, 0.2) is 12.5 Å². The zero-order chi connectivity index (χ0) is 13.0. The molecule has 0 radical (unpaired) electrons. The van der Waals surface area contributed by atoms with Crippen LogP contribution >= 0.6 is 0 Å². The number of nitrogens with zero attached hydrogens (tertiary/aromatic N) is 2. The van der Waals surface area contributed by atoms with Crippen molar-refractivity contribution in [3.05, 3.63) is 18.2 Å². The van der Waals surface area contributed by atoms with E-state index < -0.39 is 0 Å². The molecule has 102 valence electrons. The Labute approximate surface area is 111 Å². The predicted molar refractivity (Wildman–Crippen MR) is 75.5 cm³/mol. The molecule has 1 N–H and O–H groups in total. The second-order valence-corrected chi connectivity index (χ2v) is 6.36. The molecule has 2 rings (SSSR count). The third-order valence-electron chi connectivity index (χ3n) is 4.18. The highest BCUT2D eigenvalue weighted by atomic mass is 15.1. The van der Waals surface area contributed by atoms with E-state index in [0.29, 0.717) is 11.5 Å². The highest BCUT2D eigenvalue weighted by molar-refractivity contribution is 5.01. The van der Waals surface area contributed by atoms with Gasteiger partial charge in [0.2, 0.25) is 0 Å². The molecule has 3 nitrogen and oxygen atoms in total. The molecule has 1 fully saturated rings. The van der Waals surface area contributed by atoms with Crippen LogP contribution in [0.1, 0.15) is 64.6 Å². The third kappa shape index (κ3) is 3.35. The van der Waals surface area contributed by atoms with E-state index in [2.05, 4.69) is 35.6 Å². The van der Waals surface area contributed by atoms with Crippen molar-refractivity contribution < 1.29 is 0 Å². The normalized spacial score (nSPS) is 20.2. The second-order valence-electron chi connectivity index (χ2n) is 6.36. The van der Waals surface area contributed by atoms with Gasteiger partial charge in [-0.15, -0.1) is 0 Å². The monoisotopic (exact) mass is 249 g/mol. The molecular formula is C15H27N3. The molecule has 0 aliphatic heterocycles. The van der Waals surface area contributed by atoms with Crippen molar-refractivity contribution in [3.63, 3.8) is 0 Å². The lowest BCUT2D eigenvalue weighted by molar-refractivity contribution is 0.191. The van der Waals surface area contributed by atoms with Gasteiger partial charge in [0.05, 0.1) is 12.0 Å². The van der Waals surface area contributed by atoms with Gasteiger partial charge in [0, 0.05) is 18.8 Å². The summed E-state index contributed by atoms with van der Waals surface area (Å²) in [4.78, 5) is 4.34. The van der Waals surface area contributed by atoms with E-state index in [9.17, 15) is 0 Å². The molecule has 0 bridgehead atoms. The van der Waals surface area contributed by atoms with E-state index in [0.717, 1.165) is 13.1 Å². The maximum absolute atomic E-state index is 4.34. The molecule has 0 aromatic carbocycles. The van der Waals surface area contributed by atoms with Crippen LogP contribution in [-0.2, 0) is 6.54 Å². The van der Waals surface area contributed by atoms with Crippen molar-refractivity contribution in [2.75, 3.05) is 6.54 Å². The summed E-state index contributed by atoms with van der Waals surface area (Å²) in [5.41, 5.74) is 1.88. The first-order valence-electron chi connectivity index (χ1n) is 7.34. The van der Waals surface area contributed by atoms with Crippen molar-refractivity contribution in [1.82, 2.24) is 14.9 Å². The molecule has 0 saturated heterocycles. The summed E-state index contributed by atoms with van der Waals surface area (Å²) >= 11 is 0. The van der Waals surface area contributed by atoms with E-state index in [4.69, 9.17) is 0 Å². The molecule has 1 aromatic rings. The summed E-state index contributed by atoms with van der Waals surface area (Å²) in [7, 11) is 0. The zero-order valence-electron chi connectivity index (χ0n) is 12.1. The molecule has 3 heteroatoms. The minimum Gasteiger partial charge on any atom is -0.330 e. The fraction of sp³-hybridized carbons (Fsp3) is 0.800. The summed E-state index contributed by atoms with van der Waals surface area (Å²) in [5, 5.41) is 3.47. The number of imidazole rings is 1. The largest absolute Gasteiger partial charge is 0.330 e. The first-order valence-corrected chi connectivity index (χ1v) is 7.34. The van der Waals surface area contributed by atoms with Crippen LogP contribution in [0.3, 0.4) is 0 Å². The summed E-state index contributed by atoms with van der Waals surface area (Å²) in [6, 6.07) is 0.666. The standard InChI is InChI=1S/C15H27N3/c1-4-9-16-10-14-11-17-12-18(14)13-5-7-15(2,3)8-6-13/h11-13,16H,4-10H2,1-3H3. The molecule has 0 unspecified atom stereocenters. The van der Waals surface area contributed by atoms with Crippen LogP contribution in [0.25, 0.3) is 0 Å². The van der Waals surface area contributed by atoms with Gasteiger partial charge in [-0.1, -0.05) is 20.8 Å². The maximum atomic E-state index is 4.34. The van der Waals surface area contributed by atoms with Crippen molar-refractivity contribution in [3.8, 4) is 0 Å². The van der Waals surface area contributed by atoms with Crippen LogP contribution in [0.4, 0.5) is 0 Å². The Bertz CT molecular complexity index is 358. The molecular weight excluding hydrogens is 222 g/mol. The average molecular weight is 249 g/mol. The Hall–Kier alpha value is -0.830. The zero-order valence-corrected chi connectivity index (χ0v) is 12.1. The molecule has 0 atom stereocenters. The minimum atomic E-state index is 0.539. The molecule has 0 amide bonds. The quantitative estimate of drug-likeness (QED) is 0.809. The van der Waals surface area contributed by atoms with Crippen LogP contribution in [0, 0.1) is 5.41 Å². The highest BCUT2D eigenvalue weighted by Crippen LogP contribution is 2.40. The van der Waals surface area contributed by atoms with E-state index in [1.54, 1.807) is 0 Å². The van der Waals surface area contributed by atoms with Crippen molar-refractivity contribution >= 4 is 0 Å². The molecule has 18 heavy (non-hydrogen) atoms. The first kappa shape index (κ1) is 13.6.